The molecule has 5 aromatic rings. The van der Waals surface area contributed by atoms with Crippen LogP contribution in [0.15, 0.2) is 79.3 Å². The van der Waals surface area contributed by atoms with Crippen LogP contribution >= 0.6 is 0 Å². The molecule has 0 saturated carbocycles. The first kappa shape index (κ1) is 25.1. The summed E-state index contributed by atoms with van der Waals surface area (Å²) in [5.74, 6) is -0.466. The van der Waals surface area contributed by atoms with Gasteiger partial charge in [0.05, 0.1) is 12.8 Å². The third kappa shape index (κ3) is 5.10. The van der Waals surface area contributed by atoms with E-state index in [2.05, 4.69) is 44.1 Å². The van der Waals surface area contributed by atoms with Crippen LogP contribution in [0.25, 0.3) is 44.5 Å². The molecule has 0 radical (unpaired) electrons. The van der Waals surface area contributed by atoms with E-state index in [1.54, 1.807) is 31.8 Å². The van der Waals surface area contributed by atoms with Crippen LogP contribution in [0.5, 0.6) is 5.75 Å². The Balaban J connectivity index is 1.42. The van der Waals surface area contributed by atoms with Crippen LogP contribution in [0.1, 0.15) is 18.4 Å². The van der Waals surface area contributed by atoms with Gasteiger partial charge in [-0.2, -0.15) is 0 Å². The Morgan fingerprint density at radius 1 is 0.872 bits per heavy atom. The molecule has 0 aliphatic carbocycles. The fourth-order valence-corrected chi connectivity index (χ4v) is 5.32. The van der Waals surface area contributed by atoms with E-state index >= 15 is 0 Å². The van der Waals surface area contributed by atoms with E-state index in [0.717, 1.165) is 53.2 Å². The summed E-state index contributed by atoms with van der Waals surface area (Å²) in [6.45, 7) is 3.47. The summed E-state index contributed by atoms with van der Waals surface area (Å²) in [6.07, 6.45) is 8.75. The van der Waals surface area contributed by atoms with Crippen LogP contribution < -0.4 is 4.74 Å². The lowest BCUT2D eigenvalue weighted by Crippen LogP contribution is -2.21. The van der Waals surface area contributed by atoms with Crippen molar-refractivity contribution in [2.24, 2.45) is 0 Å². The minimum Gasteiger partial charge on any atom is -0.495 e. The van der Waals surface area contributed by atoms with E-state index in [-0.39, 0.29) is 11.3 Å². The Hall–Kier alpha value is -4.23. The van der Waals surface area contributed by atoms with Crippen LogP contribution in [0.2, 0.25) is 0 Å². The second-order valence-corrected chi connectivity index (χ2v) is 9.82. The minimum absolute atomic E-state index is 0.0661. The molecule has 1 aliphatic rings. The predicted molar refractivity (Wildman–Crippen MR) is 149 cm³/mol. The molecule has 0 spiro atoms. The Morgan fingerprint density at radius 2 is 1.67 bits per heavy atom. The van der Waals surface area contributed by atoms with Crippen molar-refractivity contribution < 1.29 is 13.5 Å². The summed E-state index contributed by atoms with van der Waals surface area (Å²) in [4.78, 5) is 16.0. The van der Waals surface area contributed by atoms with Gasteiger partial charge in [-0.3, -0.25) is 4.98 Å². The third-order valence-electron chi connectivity index (χ3n) is 7.36. The standard InChI is InChI=1S/C32H28F2N4O/c1-39-31-27(22-8-6-21(7-9-22)12-16-38-14-2-3-15-38)19-35-20-28(31)25-18-30(26-17-23(33)10-11-29(26)34)37-32-24(25)5-4-13-36-32/h4-11,13,17-20H,2-3,12,14-16H2,1H3. The average Bonchev–Trinajstić information content (AvgIpc) is 3.50. The quantitative estimate of drug-likeness (QED) is 0.232. The molecule has 3 aromatic heterocycles. The number of benzene rings is 2. The van der Waals surface area contributed by atoms with Gasteiger partial charge in [0.1, 0.15) is 17.4 Å². The first-order chi connectivity index (χ1) is 19.1. The summed E-state index contributed by atoms with van der Waals surface area (Å²) >= 11 is 0. The van der Waals surface area contributed by atoms with Crippen LogP contribution in [-0.2, 0) is 6.42 Å². The molecule has 1 saturated heterocycles. The maximum absolute atomic E-state index is 14.7. The summed E-state index contributed by atoms with van der Waals surface area (Å²) in [5, 5.41) is 0.757. The second-order valence-electron chi connectivity index (χ2n) is 9.82. The summed E-state index contributed by atoms with van der Waals surface area (Å²) < 4.78 is 34.7. The molecule has 6 rings (SSSR count). The smallest absolute Gasteiger partial charge is 0.160 e. The number of methoxy groups -OCH3 is 1. The van der Waals surface area contributed by atoms with Crippen LogP contribution in [0.3, 0.4) is 0 Å². The molecule has 0 atom stereocenters. The highest BCUT2D eigenvalue weighted by Gasteiger charge is 2.19. The van der Waals surface area contributed by atoms with Crippen LogP contribution in [0.4, 0.5) is 8.78 Å². The number of hydrogen-bond donors (Lipinski definition) is 0. The number of fused-ring (bicyclic) bond motifs is 1. The number of hydrogen-bond acceptors (Lipinski definition) is 5. The highest BCUT2D eigenvalue weighted by atomic mass is 19.1. The van der Waals surface area contributed by atoms with E-state index in [0.29, 0.717) is 17.0 Å². The number of aromatic nitrogens is 3. The summed E-state index contributed by atoms with van der Waals surface area (Å²) in [6, 6.07) is 17.3. The van der Waals surface area contributed by atoms with E-state index in [1.165, 1.54) is 31.5 Å². The van der Waals surface area contributed by atoms with Gasteiger partial charge in [-0.15, -0.1) is 0 Å². The monoisotopic (exact) mass is 522 g/mol. The largest absolute Gasteiger partial charge is 0.495 e. The van der Waals surface area contributed by atoms with Gasteiger partial charge in [0, 0.05) is 52.8 Å². The number of likely N-dealkylation sites (tertiary alicyclic amines) is 1. The summed E-state index contributed by atoms with van der Waals surface area (Å²) in [7, 11) is 1.63. The van der Waals surface area contributed by atoms with Gasteiger partial charge in [-0.25, -0.2) is 18.7 Å². The molecular weight excluding hydrogens is 494 g/mol. The highest BCUT2D eigenvalue weighted by Crippen LogP contribution is 2.41. The number of rotatable bonds is 7. The zero-order chi connectivity index (χ0) is 26.8. The zero-order valence-corrected chi connectivity index (χ0v) is 21.7. The van der Waals surface area contributed by atoms with E-state index in [9.17, 15) is 8.78 Å². The molecule has 1 aliphatic heterocycles. The minimum atomic E-state index is -0.561. The van der Waals surface area contributed by atoms with Gasteiger partial charge >= 0.3 is 0 Å². The molecule has 0 unspecified atom stereocenters. The molecule has 4 heterocycles. The molecule has 7 heteroatoms. The van der Waals surface area contributed by atoms with Gasteiger partial charge < -0.3 is 9.64 Å². The van der Waals surface area contributed by atoms with E-state index in [4.69, 9.17) is 4.74 Å². The van der Waals surface area contributed by atoms with Crippen LogP contribution in [0, 0.1) is 11.6 Å². The first-order valence-corrected chi connectivity index (χ1v) is 13.2. The van der Waals surface area contributed by atoms with Crippen molar-refractivity contribution in [2.45, 2.75) is 19.3 Å². The van der Waals surface area contributed by atoms with Crippen molar-refractivity contribution in [3.8, 4) is 39.3 Å². The van der Waals surface area contributed by atoms with Gasteiger partial charge in [0.2, 0.25) is 0 Å². The molecule has 5 nitrogen and oxygen atoms in total. The first-order valence-electron chi connectivity index (χ1n) is 13.2. The molecular formula is C32H28F2N4O. The maximum Gasteiger partial charge on any atom is 0.160 e. The van der Waals surface area contributed by atoms with E-state index in [1.807, 2.05) is 12.1 Å². The van der Waals surface area contributed by atoms with Crippen molar-refractivity contribution in [2.75, 3.05) is 26.7 Å². The average molecular weight is 523 g/mol. The van der Waals surface area contributed by atoms with Crippen LogP contribution in [-0.4, -0.2) is 46.6 Å². The fraction of sp³-hybridized carbons (Fsp3) is 0.219. The van der Waals surface area contributed by atoms with Crippen molar-refractivity contribution in [3.05, 3.63) is 96.5 Å². The Kier molecular flexibility index (Phi) is 6.99. The molecule has 0 N–H and O–H groups in total. The predicted octanol–water partition coefficient (Wildman–Crippen LogP) is 6.95. The van der Waals surface area contributed by atoms with Gasteiger partial charge in [0.15, 0.2) is 5.65 Å². The molecule has 39 heavy (non-hydrogen) atoms. The highest BCUT2D eigenvalue weighted by molar-refractivity contribution is 5.98. The normalized spacial score (nSPS) is 13.7. The second kappa shape index (κ2) is 10.9. The lowest BCUT2D eigenvalue weighted by Gasteiger charge is -2.16. The number of halogens is 2. The zero-order valence-electron chi connectivity index (χ0n) is 21.7. The fourth-order valence-electron chi connectivity index (χ4n) is 5.32. The lowest BCUT2D eigenvalue weighted by molar-refractivity contribution is 0.343. The van der Waals surface area contributed by atoms with Crippen molar-refractivity contribution in [3.63, 3.8) is 0 Å². The molecule has 196 valence electrons. The Labute approximate surface area is 226 Å². The molecule has 0 bridgehead atoms. The lowest BCUT2D eigenvalue weighted by atomic mass is 9.96. The molecule has 1 fully saturated rings. The topological polar surface area (TPSA) is 51.1 Å². The number of nitrogens with zero attached hydrogens (tertiary/aromatic N) is 4. The van der Waals surface area contributed by atoms with Crippen molar-refractivity contribution in [1.29, 1.82) is 0 Å². The third-order valence-corrected chi connectivity index (χ3v) is 7.36. The van der Waals surface area contributed by atoms with Gasteiger partial charge in [0.25, 0.3) is 0 Å². The van der Waals surface area contributed by atoms with Crippen molar-refractivity contribution >= 4 is 11.0 Å². The SMILES string of the molecule is COc1c(-c2ccc(CCN3CCCC3)cc2)cncc1-c1cc(-c2cc(F)ccc2F)nc2ncccc12. The summed E-state index contributed by atoms with van der Waals surface area (Å²) in [5.41, 5.74) is 5.32. The van der Waals surface area contributed by atoms with Crippen molar-refractivity contribution in [1.82, 2.24) is 19.9 Å². The number of pyridine rings is 3. The Morgan fingerprint density at radius 3 is 2.46 bits per heavy atom. The maximum atomic E-state index is 14.7. The molecule has 0 amide bonds. The van der Waals surface area contributed by atoms with Gasteiger partial charge in [-0.05, 0) is 79.9 Å². The van der Waals surface area contributed by atoms with Gasteiger partial charge in [-0.1, -0.05) is 24.3 Å². The van der Waals surface area contributed by atoms with E-state index < -0.39 is 11.6 Å². The molecule has 2 aromatic carbocycles. The number of ether oxygens (including phenoxy) is 1. The Bertz CT molecular complexity index is 1630.